The zero-order valence-electron chi connectivity index (χ0n) is 11.3. The smallest absolute Gasteiger partial charge is 0.0653 e. The van der Waals surface area contributed by atoms with E-state index in [-0.39, 0.29) is 0 Å². The van der Waals surface area contributed by atoms with Crippen LogP contribution in [0.3, 0.4) is 0 Å². The molecule has 1 saturated heterocycles. The second-order valence-corrected chi connectivity index (χ2v) is 7.02. The van der Waals surface area contributed by atoms with Gasteiger partial charge in [0.15, 0.2) is 0 Å². The fraction of sp³-hybridized carbons (Fsp3) is 0.600. The van der Waals surface area contributed by atoms with Gasteiger partial charge in [-0.2, -0.15) is 0 Å². The molecule has 1 heterocycles. The molecule has 110 valence electrons. The highest BCUT2D eigenvalue weighted by molar-refractivity contribution is 6.44. The van der Waals surface area contributed by atoms with Crippen LogP contribution in [-0.4, -0.2) is 18.6 Å². The number of anilines is 1. The van der Waals surface area contributed by atoms with E-state index in [1.54, 1.807) is 6.07 Å². The molecule has 0 aromatic heterocycles. The van der Waals surface area contributed by atoms with Crippen LogP contribution in [0.4, 0.5) is 5.69 Å². The van der Waals surface area contributed by atoms with E-state index in [0.29, 0.717) is 33.1 Å². The maximum Gasteiger partial charge on any atom is 0.0653 e. The predicted molar refractivity (Wildman–Crippen MR) is 87.2 cm³/mol. The van der Waals surface area contributed by atoms with Crippen molar-refractivity contribution in [2.24, 2.45) is 5.92 Å². The Balaban J connectivity index is 1.74. The topological polar surface area (TPSA) is 24.1 Å². The molecule has 1 aliphatic carbocycles. The number of halogens is 3. The van der Waals surface area contributed by atoms with Crippen molar-refractivity contribution in [2.75, 3.05) is 11.9 Å². The van der Waals surface area contributed by atoms with Gasteiger partial charge in [-0.05, 0) is 50.3 Å². The summed E-state index contributed by atoms with van der Waals surface area (Å²) in [6.07, 6.45) is 6.34. The molecule has 3 atom stereocenters. The average molecular weight is 334 g/mol. The number of hydrogen-bond donors (Lipinski definition) is 2. The second-order valence-electron chi connectivity index (χ2n) is 5.79. The van der Waals surface area contributed by atoms with Gasteiger partial charge >= 0.3 is 0 Å². The van der Waals surface area contributed by atoms with E-state index in [2.05, 4.69) is 10.6 Å². The predicted octanol–water partition coefficient (Wildman–Crippen LogP) is 4.98. The molecule has 1 aliphatic heterocycles. The van der Waals surface area contributed by atoms with Crippen LogP contribution in [0.1, 0.15) is 32.1 Å². The lowest BCUT2D eigenvalue weighted by molar-refractivity contribution is 0.376. The molecule has 1 aromatic rings. The van der Waals surface area contributed by atoms with Crippen molar-refractivity contribution in [3.63, 3.8) is 0 Å². The van der Waals surface area contributed by atoms with E-state index in [1.165, 1.54) is 32.1 Å². The van der Waals surface area contributed by atoms with Gasteiger partial charge in [0.2, 0.25) is 0 Å². The molecule has 3 rings (SSSR count). The first-order valence-corrected chi connectivity index (χ1v) is 8.43. The molecule has 1 aromatic carbocycles. The average Bonchev–Trinajstić information content (AvgIpc) is 3.06. The Kier molecular flexibility index (Phi) is 4.66. The maximum atomic E-state index is 6.27. The molecule has 2 aliphatic rings. The Bertz CT molecular complexity index is 486. The Morgan fingerprint density at radius 3 is 2.50 bits per heavy atom. The molecule has 2 fully saturated rings. The minimum absolute atomic E-state index is 0.473. The molecule has 0 radical (unpaired) electrons. The van der Waals surface area contributed by atoms with E-state index in [9.17, 15) is 0 Å². The first-order chi connectivity index (χ1) is 9.65. The fourth-order valence-electron chi connectivity index (χ4n) is 3.56. The first kappa shape index (κ1) is 14.8. The van der Waals surface area contributed by atoms with Gasteiger partial charge in [0.1, 0.15) is 0 Å². The third kappa shape index (κ3) is 3.04. The Morgan fingerprint density at radius 2 is 1.75 bits per heavy atom. The molecule has 0 bridgehead atoms. The van der Waals surface area contributed by atoms with Crippen LogP contribution in [0.25, 0.3) is 0 Å². The molecule has 0 spiro atoms. The van der Waals surface area contributed by atoms with Crippen molar-refractivity contribution in [1.29, 1.82) is 0 Å². The summed E-state index contributed by atoms with van der Waals surface area (Å²) in [5.74, 6) is 0.683. The molecule has 1 saturated carbocycles. The highest BCUT2D eigenvalue weighted by Crippen LogP contribution is 2.37. The highest BCUT2D eigenvalue weighted by Gasteiger charge is 2.35. The van der Waals surface area contributed by atoms with Gasteiger partial charge < -0.3 is 10.6 Å². The van der Waals surface area contributed by atoms with Gasteiger partial charge in [-0.1, -0.05) is 41.2 Å². The lowest BCUT2D eigenvalue weighted by atomic mass is 9.93. The minimum atomic E-state index is 0.473. The Labute approximate surface area is 135 Å². The standard InChI is InChI=1S/C15H19Cl3N2/c16-10-7-12(18)15(8-11(10)17)20-14-4-1-3-9(14)13-5-2-6-19-13/h7-9,13-14,19-20H,1-6H2. The van der Waals surface area contributed by atoms with E-state index in [1.807, 2.05) is 6.07 Å². The summed E-state index contributed by atoms with van der Waals surface area (Å²) in [4.78, 5) is 0. The molecule has 3 unspecified atom stereocenters. The van der Waals surface area contributed by atoms with Crippen LogP contribution in [0.2, 0.25) is 15.1 Å². The third-order valence-corrected chi connectivity index (χ3v) is 5.57. The monoisotopic (exact) mass is 332 g/mol. The summed E-state index contributed by atoms with van der Waals surface area (Å²) in [6, 6.07) is 4.67. The summed E-state index contributed by atoms with van der Waals surface area (Å²) in [6.45, 7) is 1.15. The maximum absolute atomic E-state index is 6.27. The Hall–Kier alpha value is -0.150. The fourth-order valence-corrected chi connectivity index (χ4v) is 4.16. The quantitative estimate of drug-likeness (QED) is 0.762. The van der Waals surface area contributed by atoms with Crippen molar-refractivity contribution < 1.29 is 0 Å². The molecular formula is C15H19Cl3N2. The van der Waals surface area contributed by atoms with Crippen LogP contribution in [0, 0.1) is 5.92 Å². The summed E-state index contributed by atoms with van der Waals surface area (Å²) >= 11 is 18.3. The minimum Gasteiger partial charge on any atom is -0.381 e. The van der Waals surface area contributed by atoms with Gasteiger partial charge in [-0.15, -0.1) is 0 Å². The number of benzene rings is 1. The van der Waals surface area contributed by atoms with Crippen LogP contribution in [0.5, 0.6) is 0 Å². The summed E-state index contributed by atoms with van der Waals surface area (Å²) in [7, 11) is 0. The highest BCUT2D eigenvalue weighted by atomic mass is 35.5. The first-order valence-electron chi connectivity index (χ1n) is 7.29. The van der Waals surface area contributed by atoms with Crippen LogP contribution >= 0.6 is 34.8 Å². The second kappa shape index (κ2) is 6.31. The summed E-state index contributed by atoms with van der Waals surface area (Å²) in [5.41, 5.74) is 0.899. The van der Waals surface area contributed by atoms with Crippen molar-refractivity contribution in [2.45, 2.75) is 44.2 Å². The number of hydrogen-bond acceptors (Lipinski definition) is 2. The molecule has 2 nitrogen and oxygen atoms in total. The van der Waals surface area contributed by atoms with Gasteiger partial charge in [0, 0.05) is 12.1 Å². The zero-order chi connectivity index (χ0) is 14.1. The van der Waals surface area contributed by atoms with Gasteiger partial charge in [0.05, 0.1) is 20.8 Å². The van der Waals surface area contributed by atoms with Crippen LogP contribution < -0.4 is 10.6 Å². The molecule has 2 N–H and O–H groups in total. The van der Waals surface area contributed by atoms with Crippen LogP contribution in [-0.2, 0) is 0 Å². The van der Waals surface area contributed by atoms with Crippen molar-refractivity contribution in [3.05, 3.63) is 27.2 Å². The molecule has 5 heteroatoms. The number of nitrogens with one attached hydrogen (secondary N) is 2. The van der Waals surface area contributed by atoms with Crippen molar-refractivity contribution in [1.82, 2.24) is 5.32 Å². The molecular weight excluding hydrogens is 315 g/mol. The zero-order valence-corrected chi connectivity index (χ0v) is 13.5. The van der Waals surface area contributed by atoms with Gasteiger partial charge in [0.25, 0.3) is 0 Å². The molecule has 20 heavy (non-hydrogen) atoms. The summed E-state index contributed by atoms with van der Waals surface area (Å²) in [5, 5.41) is 8.91. The Morgan fingerprint density at radius 1 is 0.950 bits per heavy atom. The lowest BCUT2D eigenvalue weighted by Crippen LogP contribution is -2.38. The van der Waals surface area contributed by atoms with Gasteiger partial charge in [-0.25, -0.2) is 0 Å². The van der Waals surface area contributed by atoms with E-state index < -0.39 is 0 Å². The molecule has 0 amide bonds. The van der Waals surface area contributed by atoms with E-state index in [4.69, 9.17) is 34.8 Å². The number of rotatable bonds is 3. The van der Waals surface area contributed by atoms with Crippen LogP contribution in [0.15, 0.2) is 12.1 Å². The lowest BCUT2D eigenvalue weighted by Gasteiger charge is -2.27. The van der Waals surface area contributed by atoms with E-state index >= 15 is 0 Å². The summed E-state index contributed by atoms with van der Waals surface area (Å²) < 4.78 is 0. The van der Waals surface area contributed by atoms with E-state index in [0.717, 1.165) is 12.2 Å². The normalized spacial score (nSPS) is 29.9. The van der Waals surface area contributed by atoms with Crippen molar-refractivity contribution >= 4 is 40.5 Å². The van der Waals surface area contributed by atoms with Gasteiger partial charge in [-0.3, -0.25) is 0 Å². The largest absolute Gasteiger partial charge is 0.381 e. The third-order valence-electron chi connectivity index (χ3n) is 4.54. The van der Waals surface area contributed by atoms with Crippen molar-refractivity contribution in [3.8, 4) is 0 Å². The SMILES string of the molecule is Clc1cc(Cl)c(NC2CCCC2C2CCCN2)cc1Cl.